The van der Waals surface area contributed by atoms with E-state index < -0.39 is 38.5 Å². The third-order valence-electron chi connectivity index (χ3n) is 6.37. The van der Waals surface area contributed by atoms with Gasteiger partial charge in [-0.15, -0.1) is 0 Å². The molecule has 3 aromatic carbocycles. The van der Waals surface area contributed by atoms with Crippen LogP contribution in [0.4, 0.5) is 13.2 Å². The Hall–Kier alpha value is -3.17. The highest BCUT2D eigenvalue weighted by atomic mass is 32.2. The number of benzene rings is 3. The molecule has 1 heterocycles. The summed E-state index contributed by atoms with van der Waals surface area (Å²) in [6.45, 7) is 3.71. The minimum Gasteiger partial charge on any atom is -0.426 e. The second-order valence-corrected chi connectivity index (χ2v) is 10.8. The highest BCUT2D eigenvalue weighted by Crippen LogP contribution is 2.36. The second kappa shape index (κ2) is 10.1. The van der Waals surface area contributed by atoms with Crippen LogP contribution in [0.3, 0.4) is 0 Å². The van der Waals surface area contributed by atoms with E-state index in [-0.39, 0.29) is 25.9 Å². The van der Waals surface area contributed by atoms with Crippen LogP contribution in [0.2, 0.25) is 0 Å². The topological polar surface area (TPSA) is 63.7 Å². The number of hydrogen-bond donors (Lipinski definition) is 0. The summed E-state index contributed by atoms with van der Waals surface area (Å²) in [5.74, 6) is -0.607. The van der Waals surface area contributed by atoms with Gasteiger partial charge >= 0.3 is 12.1 Å². The van der Waals surface area contributed by atoms with Gasteiger partial charge in [0, 0.05) is 13.1 Å². The molecule has 0 aromatic heterocycles. The van der Waals surface area contributed by atoms with E-state index in [1.54, 1.807) is 6.07 Å². The third kappa shape index (κ3) is 5.47. The molecule has 0 amide bonds. The average Bonchev–Trinajstić information content (AvgIpc) is 2.85. The van der Waals surface area contributed by atoms with Crippen LogP contribution in [0.1, 0.15) is 29.5 Å². The minimum atomic E-state index is -4.79. The normalized spacial score (nSPS) is 15.6. The van der Waals surface area contributed by atoms with Gasteiger partial charge in [-0.05, 0) is 67.6 Å². The van der Waals surface area contributed by atoms with Crippen LogP contribution < -0.4 is 4.74 Å². The van der Waals surface area contributed by atoms with Gasteiger partial charge in [-0.25, -0.2) is 8.42 Å². The number of aryl methyl sites for hydroxylation is 2. The fourth-order valence-electron chi connectivity index (χ4n) is 4.28. The first-order chi connectivity index (χ1) is 17.0. The molecule has 0 aliphatic carbocycles. The van der Waals surface area contributed by atoms with Gasteiger partial charge in [0.1, 0.15) is 5.75 Å². The first-order valence-electron chi connectivity index (χ1n) is 11.5. The lowest BCUT2D eigenvalue weighted by Crippen LogP contribution is -2.41. The summed E-state index contributed by atoms with van der Waals surface area (Å²) in [6.07, 6.45) is -4.47. The molecule has 0 radical (unpaired) electrons. The van der Waals surface area contributed by atoms with Gasteiger partial charge in [-0.3, -0.25) is 4.79 Å². The molecule has 0 saturated carbocycles. The van der Waals surface area contributed by atoms with Crippen molar-refractivity contribution in [1.29, 1.82) is 0 Å². The van der Waals surface area contributed by atoms with Crippen molar-refractivity contribution in [3.63, 3.8) is 0 Å². The summed E-state index contributed by atoms with van der Waals surface area (Å²) in [5.41, 5.74) is 2.78. The van der Waals surface area contributed by atoms with Crippen molar-refractivity contribution < 1.29 is 31.1 Å². The van der Waals surface area contributed by atoms with Crippen LogP contribution in [0, 0.1) is 19.8 Å². The van der Waals surface area contributed by atoms with E-state index in [2.05, 4.69) is 0 Å². The van der Waals surface area contributed by atoms with E-state index in [0.29, 0.717) is 5.75 Å². The zero-order valence-electron chi connectivity index (χ0n) is 19.9. The molecule has 1 saturated heterocycles. The van der Waals surface area contributed by atoms with Gasteiger partial charge in [0.15, 0.2) is 0 Å². The SMILES string of the molecule is Cc1ccc(-c2ccc(OC(=O)C3CCN(S(=O)(=O)c4ccccc4C(F)(F)F)CC3)c(C)c2)cc1. The lowest BCUT2D eigenvalue weighted by atomic mass is 9.98. The molecule has 3 aromatic rings. The summed E-state index contributed by atoms with van der Waals surface area (Å²) in [6, 6.07) is 17.7. The number of hydrogen-bond acceptors (Lipinski definition) is 4. The van der Waals surface area contributed by atoms with E-state index in [1.807, 2.05) is 50.2 Å². The van der Waals surface area contributed by atoms with E-state index in [1.165, 1.54) is 6.07 Å². The van der Waals surface area contributed by atoms with Crippen molar-refractivity contribution in [2.24, 2.45) is 5.92 Å². The fraction of sp³-hybridized carbons (Fsp3) is 0.296. The van der Waals surface area contributed by atoms with Crippen LogP contribution >= 0.6 is 0 Å². The molecule has 0 bridgehead atoms. The van der Waals surface area contributed by atoms with Crippen molar-refractivity contribution in [3.8, 4) is 16.9 Å². The Morgan fingerprint density at radius 3 is 2.14 bits per heavy atom. The summed E-state index contributed by atoms with van der Waals surface area (Å²) >= 11 is 0. The number of sulfonamides is 1. The zero-order valence-corrected chi connectivity index (χ0v) is 20.7. The Labute approximate surface area is 208 Å². The standard InChI is InChI=1S/C27H26F3NO4S/c1-18-7-9-20(10-8-18)22-11-12-24(19(2)17-22)35-26(32)21-13-15-31(16-14-21)36(33,34)25-6-4-3-5-23(25)27(28,29)30/h3-12,17,21H,13-16H2,1-2H3. The maximum absolute atomic E-state index is 13.3. The van der Waals surface area contributed by atoms with Crippen molar-refractivity contribution in [1.82, 2.24) is 4.31 Å². The molecule has 190 valence electrons. The molecule has 1 aliphatic rings. The molecule has 0 atom stereocenters. The third-order valence-corrected chi connectivity index (χ3v) is 8.32. The van der Waals surface area contributed by atoms with Crippen molar-refractivity contribution in [2.75, 3.05) is 13.1 Å². The van der Waals surface area contributed by atoms with Crippen molar-refractivity contribution >= 4 is 16.0 Å². The van der Waals surface area contributed by atoms with Gasteiger partial charge in [0.05, 0.1) is 16.4 Å². The van der Waals surface area contributed by atoms with Crippen molar-refractivity contribution in [3.05, 3.63) is 83.4 Å². The largest absolute Gasteiger partial charge is 0.426 e. The molecular formula is C27H26F3NO4S. The Kier molecular flexibility index (Phi) is 7.24. The lowest BCUT2D eigenvalue weighted by molar-refractivity contribution is -0.140. The van der Waals surface area contributed by atoms with Crippen LogP contribution in [0.5, 0.6) is 5.75 Å². The first kappa shape index (κ1) is 25.9. The Morgan fingerprint density at radius 1 is 0.917 bits per heavy atom. The second-order valence-electron chi connectivity index (χ2n) is 8.94. The number of carbonyl (C=O) groups excluding carboxylic acids is 1. The fourth-order valence-corrected chi connectivity index (χ4v) is 5.96. The number of alkyl halides is 3. The molecule has 0 N–H and O–H groups in total. The lowest BCUT2D eigenvalue weighted by Gasteiger charge is -2.30. The van der Waals surface area contributed by atoms with Gasteiger partial charge < -0.3 is 4.74 Å². The summed E-state index contributed by atoms with van der Waals surface area (Å²) in [4.78, 5) is 12.0. The molecule has 1 fully saturated rings. The number of carbonyl (C=O) groups is 1. The highest BCUT2D eigenvalue weighted by Gasteiger charge is 2.40. The summed E-state index contributed by atoms with van der Waals surface area (Å²) in [5, 5.41) is 0. The number of ether oxygens (including phenoxy) is 1. The van der Waals surface area contributed by atoms with E-state index in [0.717, 1.165) is 44.8 Å². The molecule has 1 aliphatic heterocycles. The zero-order chi connectivity index (χ0) is 26.1. The molecule has 36 heavy (non-hydrogen) atoms. The molecule has 9 heteroatoms. The van der Waals surface area contributed by atoms with Gasteiger partial charge in [-0.2, -0.15) is 17.5 Å². The minimum absolute atomic E-state index is 0.0698. The van der Waals surface area contributed by atoms with E-state index >= 15 is 0 Å². The molecule has 0 unspecified atom stereocenters. The molecule has 0 spiro atoms. The first-order valence-corrected chi connectivity index (χ1v) is 13.0. The van der Waals surface area contributed by atoms with Gasteiger partial charge in [0.2, 0.25) is 10.0 Å². The predicted octanol–water partition coefficient (Wildman–Crippen LogP) is 6.00. The van der Waals surface area contributed by atoms with Crippen LogP contribution in [0.15, 0.2) is 71.6 Å². The van der Waals surface area contributed by atoms with E-state index in [4.69, 9.17) is 4.74 Å². The Balaban J connectivity index is 1.41. The predicted molar refractivity (Wildman–Crippen MR) is 130 cm³/mol. The number of esters is 1. The monoisotopic (exact) mass is 517 g/mol. The molecular weight excluding hydrogens is 491 g/mol. The van der Waals surface area contributed by atoms with Crippen LogP contribution in [-0.2, 0) is 21.0 Å². The van der Waals surface area contributed by atoms with Crippen molar-refractivity contribution in [2.45, 2.75) is 37.8 Å². The quantitative estimate of drug-likeness (QED) is 0.308. The number of rotatable bonds is 5. The maximum Gasteiger partial charge on any atom is 0.417 e. The Bertz CT molecular complexity index is 1360. The number of nitrogens with zero attached hydrogens (tertiary/aromatic N) is 1. The summed E-state index contributed by atoms with van der Waals surface area (Å²) < 4.78 is 72.5. The van der Waals surface area contributed by atoms with E-state index in [9.17, 15) is 26.4 Å². The maximum atomic E-state index is 13.3. The highest BCUT2D eigenvalue weighted by molar-refractivity contribution is 7.89. The van der Waals surface area contributed by atoms with Crippen LogP contribution in [-0.4, -0.2) is 31.8 Å². The van der Waals surface area contributed by atoms with Gasteiger partial charge in [-0.1, -0.05) is 48.0 Å². The summed E-state index contributed by atoms with van der Waals surface area (Å²) in [7, 11) is -4.36. The number of halogens is 3. The molecule has 4 rings (SSSR count). The smallest absolute Gasteiger partial charge is 0.417 e. The van der Waals surface area contributed by atoms with Gasteiger partial charge in [0.25, 0.3) is 0 Å². The van der Waals surface area contributed by atoms with Crippen LogP contribution in [0.25, 0.3) is 11.1 Å². The Morgan fingerprint density at radius 2 is 1.53 bits per heavy atom. The number of piperidine rings is 1. The molecule has 5 nitrogen and oxygen atoms in total. The average molecular weight is 518 g/mol.